The maximum atomic E-state index is 10.4. The third-order valence-electron chi connectivity index (χ3n) is 2.71. The Morgan fingerprint density at radius 1 is 1.71 bits per heavy atom. The van der Waals surface area contributed by atoms with E-state index >= 15 is 0 Å². The molecule has 1 aromatic rings. The Labute approximate surface area is 83.5 Å². The van der Waals surface area contributed by atoms with Crippen LogP contribution in [-0.4, -0.2) is 28.1 Å². The molecule has 1 unspecified atom stereocenters. The SMILES string of the molecule is CCn1nccc1C1(O)CCCOC1. The van der Waals surface area contributed by atoms with Gasteiger partial charge in [-0.25, -0.2) is 0 Å². The number of aliphatic hydroxyl groups is 1. The van der Waals surface area contributed by atoms with Crippen molar-refractivity contribution in [2.45, 2.75) is 31.9 Å². The summed E-state index contributed by atoms with van der Waals surface area (Å²) in [6.07, 6.45) is 3.40. The van der Waals surface area contributed by atoms with Crippen molar-refractivity contribution in [3.8, 4) is 0 Å². The Morgan fingerprint density at radius 2 is 2.57 bits per heavy atom. The van der Waals surface area contributed by atoms with E-state index in [9.17, 15) is 5.11 Å². The van der Waals surface area contributed by atoms with E-state index in [0.29, 0.717) is 6.61 Å². The molecule has 0 radical (unpaired) electrons. The van der Waals surface area contributed by atoms with Crippen LogP contribution in [0.3, 0.4) is 0 Å². The fraction of sp³-hybridized carbons (Fsp3) is 0.700. The monoisotopic (exact) mass is 196 g/mol. The predicted molar refractivity (Wildman–Crippen MR) is 51.9 cm³/mol. The van der Waals surface area contributed by atoms with Gasteiger partial charge in [0.15, 0.2) is 0 Å². The number of ether oxygens (including phenoxy) is 1. The fourth-order valence-electron chi connectivity index (χ4n) is 1.96. The van der Waals surface area contributed by atoms with Crippen molar-refractivity contribution in [3.05, 3.63) is 18.0 Å². The molecule has 0 amide bonds. The highest BCUT2D eigenvalue weighted by Gasteiger charge is 2.34. The van der Waals surface area contributed by atoms with Crippen molar-refractivity contribution in [2.24, 2.45) is 0 Å². The van der Waals surface area contributed by atoms with Crippen molar-refractivity contribution in [3.63, 3.8) is 0 Å². The first-order valence-corrected chi connectivity index (χ1v) is 5.09. The normalized spacial score (nSPS) is 27.9. The predicted octanol–water partition coefficient (Wildman–Crippen LogP) is 0.901. The molecule has 1 aliphatic heterocycles. The molecule has 1 saturated heterocycles. The molecule has 0 aromatic carbocycles. The summed E-state index contributed by atoms with van der Waals surface area (Å²) < 4.78 is 7.15. The van der Waals surface area contributed by atoms with Crippen LogP contribution < -0.4 is 0 Å². The minimum Gasteiger partial charge on any atom is -0.381 e. The second-order valence-electron chi connectivity index (χ2n) is 3.72. The van der Waals surface area contributed by atoms with Crippen molar-refractivity contribution in [2.75, 3.05) is 13.2 Å². The van der Waals surface area contributed by atoms with Crippen molar-refractivity contribution in [1.29, 1.82) is 0 Å². The Hall–Kier alpha value is -0.870. The van der Waals surface area contributed by atoms with Gasteiger partial charge >= 0.3 is 0 Å². The summed E-state index contributed by atoms with van der Waals surface area (Å²) in [6.45, 7) is 3.94. The molecule has 1 aliphatic rings. The van der Waals surface area contributed by atoms with Gasteiger partial charge in [-0.2, -0.15) is 5.10 Å². The molecule has 2 rings (SSSR count). The zero-order valence-corrected chi connectivity index (χ0v) is 8.44. The topological polar surface area (TPSA) is 47.3 Å². The number of aryl methyl sites for hydroxylation is 1. The summed E-state index contributed by atoms with van der Waals surface area (Å²) >= 11 is 0. The van der Waals surface area contributed by atoms with Gasteiger partial charge in [-0.15, -0.1) is 0 Å². The largest absolute Gasteiger partial charge is 0.381 e. The molecular weight excluding hydrogens is 180 g/mol. The van der Waals surface area contributed by atoms with E-state index in [2.05, 4.69) is 5.10 Å². The average Bonchev–Trinajstić information content (AvgIpc) is 2.67. The van der Waals surface area contributed by atoms with E-state index in [0.717, 1.165) is 31.7 Å². The molecule has 0 bridgehead atoms. The van der Waals surface area contributed by atoms with E-state index in [1.165, 1.54) is 0 Å². The second kappa shape index (κ2) is 3.71. The summed E-state index contributed by atoms with van der Waals surface area (Å²) in [5.74, 6) is 0. The number of rotatable bonds is 2. The molecule has 78 valence electrons. The third kappa shape index (κ3) is 1.55. The Kier molecular flexibility index (Phi) is 2.56. The Morgan fingerprint density at radius 3 is 3.21 bits per heavy atom. The van der Waals surface area contributed by atoms with Gasteiger partial charge in [0.25, 0.3) is 0 Å². The zero-order valence-electron chi connectivity index (χ0n) is 8.44. The highest BCUT2D eigenvalue weighted by Crippen LogP contribution is 2.29. The minimum absolute atomic E-state index is 0.388. The van der Waals surface area contributed by atoms with Gasteiger partial charge in [0, 0.05) is 19.3 Å². The maximum Gasteiger partial charge on any atom is 0.129 e. The zero-order chi connectivity index (χ0) is 10.0. The second-order valence-corrected chi connectivity index (χ2v) is 3.72. The van der Waals surface area contributed by atoms with Gasteiger partial charge in [0.1, 0.15) is 5.60 Å². The van der Waals surface area contributed by atoms with Crippen LogP contribution in [-0.2, 0) is 16.9 Å². The van der Waals surface area contributed by atoms with Crippen LogP contribution in [0.2, 0.25) is 0 Å². The summed E-state index contributed by atoms with van der Waals surface area (Å²) in [5.41, 5.74) is 0.0461. The van der Waals surface area contributed by atoms with Gasteiger partial charge in [-0.1, -0.05) is 0 Å². The van der Waals surface area contributed by atoms with Gasteiger partial charge in [-0.05, 0) is 25.8 Å². The molecule has 1 fully saturated rings. The van der Waals surface area contributed by atoms with Crippen LogP contribution in [0.15, 0.2) is 12.3 Å². The minimum atomic E-state index is -0.829. The average molecular weight is 196 g/mol. The highest BCUT2D eigenvalue weighted by molar-refractivity contribution is 5.12. The van der Waals surface area contributed by atoms with Gasteiger partial charge in [-0.3, -0.25) is 4.68 Å². The summed E-state index contributed by atoms with van der Waals surface area (Å²) in [4.78, 5) is 0. The van der Waals surface area contributed by atoms with Gasteiger partial charge < -0.3 is 9.84 Å². The molecule has 4 heteroatoms. The highest BCUT2D eigenvalue weighted by atomic mass is 16.5. The molecule has 0 spiro atoms. The van der Waals surface area contributed by atoms with Crippen molar-refractivity contribution >= 4 is 0 Å². The van der Waals surface area contributed by atoms with E-state index in [1.54, 1.807) is 6.20 Å². The molecule has 0 saturated carbocycles. The lowest BCUT2D eigenvalue weighted by Gasteiger charge is -2.32. The fourth-order valence-corrected chi connectivity index (χ4v) is 1.96. The van der Waals surface area contributed by atoms with E-state index in [-0.39, 0.29) is 0 Å². The summed E-state index contributed by atoms with van der Waals surface area (Å²) in [6, 6.07) is 1.87. The molecular formula is C10H16N2O2. The maximum absolute atomic E-state index is 10.4. The first kappa shape index (κ1) is 9.68. The molecule has 14 heavy (non-hydrogen) atoms. The number of hydrogen-bond donors (Lipinski definition) is 1. The molecule has 4 nitrogen and oxygen atoms in total. The van der Waals surface area contributed by atoms with Crippen LogP contribution >= 0.6 is 0 Å². The van der Waals surface area contributed by atoms with Crippen LogP contribution in [0.5, 0.6) is 0 Å². The van der Waals surface area contributed by atoms with E-state index in [1.807, 2.05) is 17.7 Å². The summed E-state index contributed by atoms with van der Waals surface area (Å²) in [5, 5.41) is 14.5. The van der Waals surface area contributed by atoms with Crippen molar-refractivity contribution < 1.29 is 9.84 Å². The number of aromatic nitrogens is 2. The molecule has 0 aliphatic carbocycles. The van der Waals surface area contributed by atoms with Crippen LogP contribution in [0.25, 0.3) is 0 Å². The smallest absolute Gasteiger partial charge is 0.129 e. The van der Waals surface area contributed by atoms with Gasteiger partial charge in [0.2, 0.25) is 0 Å². The Bertz CT molecular complexity index is 303. The number of hydrogen-bond acceptors (Lipinski definition) is 3. The lowest BCUT2D eigenvalue weighted by molar-refractivity contribution is -0.0950. The summed E-state index contributed by atoms with van der Waals surface area (Å²) in [7, 11) is 0. The van der Waals surface area contributed by atoms with Crippen LogP contribution in [0.4, 0.5) is 0 Å². The van der Waals surface area contributed by atoms with E-state index in [4.69, 9.17) is 4.74 Å². The Balaban J connectivity index is 2.27. The lowest BCUT2D eigenvalue weighted by atomic mass is 9.93. The van der Waals surface area contributed by atoms with Gasteiger partial charge in [0.05, 0.1) is 12.3 Å². The van der Waals surface area contributed by atoms with Crippen LogP contribution in [0.1, 0.15) is 25.5 Å². The molecule has 1 atom stereocenters. The first-order valence-electron chi connectivity index (χ1n) is 5.09. The quantitative estimate of drug-likeness (QED) is 0.764. The molecule has 1 aromatic heterocycles. The lowest BCUT2D eigenvalue weighted by Crippen LogP contribution is -2.37. The molecule has 2 heterocycles. The third-order valence-corrected chi connectivity index (χ3v) is 2.71. The van der Waals surface area contributed by atoms with Crippen LogP contribution in [0, 0.1) is 0 Å². The molecule has 1 N–H and O–H groups in total. The van der Waals surface area contributed by atoms with Crippen molar-refractivity contribution in [1.82, 2.24) is 9.78 Å². The standard InChI is InChI=1S/C10H16N2O2/c1-2-12-9(4-6-11-12)10(13)5-3-7-14-8-10/h4,6,13H,2-3,5,7-8H2,1H3. The van der Waals surface area contributed by atoms with E-state index < -0.39 is 5.60 Å². The number of nitrogens with zero attached hydrogens (tertiary/aromatic N) is 2. The first-order chi connectivity index (χ1) is 6.76.